The molecule has 0 aliphatic heterocycles. The van der Waals surface area contributed by atoms with Crippen molar-refractivity contribution in [2.75, 3.05) is 5.73 Å². The third-order valence-corrected chi connectivity index (χ3v) is 3.90. The van der Waals surface area contributed by atoms with Crippen molar-refractivity contribution < 1.29 is 4.79 Å². The molecule has 2 aromatic carbocycles. The van der Waals surface area contributed by atoms with Crippen LogP contribution in [0.1, 0.15) is 21.5 Å². The van der Waals surface area contributed by atoms with Crippen LogP contribution in [0.3, 0.4) is 0 Å². The van der Waals surface area contributed by atoms with Gasteiger partial charge in [0.1, 0.15) is 0 Å². The van der Waals surface area contributed by atoms with Gasteiger partial charge in [-0.1, -0.05) is 29.8 Å². The van der Waals surface area contributed by atoms with E-state index in [9.17, 15) is 4.79 Å². The number of nitrogens with zero attached hydrogens (tertiary/aromatic N) is 3. The van der Waals surface area contributed by atoms with E-state index >= 15 is 0 Å². The number of hydrogen-bond acceptors (Lipinski definition) is 4. The van der Waals surface area contributed by atoms with E-state index in [4.69, 9.17) is 17.3 Å². The lowest BCUT2D eigenvalue weighted by molar-refractivity contribution is 0.0948. The van der Waals surface area contributed by atoms with Gasteiger partial charge in [0.25, 0.3) is 5.91 Å². The van der Waals surface area contributed by atoms with E-state index in [2.05, 4.69) is 10.1 Å². The Morgan fingerprint density at radius 1 is 1.13 bits per heavy atom. The molecule has 116 valence electrons. The van der Waals surface area contributed by atoms with E-state index in [0.717, 1.165) is 15.8 Å². The van der Waals surface area contributed by atoms with Crippen molar-refractivity contribution in [2.24, 2.45) is 0 Å². The van der Waals surface area contributed by atoms with Crippen LogP contribution < -0.4 is 5.73 Å². The van der Waals surface area contributed by atoms with Crippen LogP contribution in [0.5, 0.6) is 0 Å². The van der Waals surface area contributed by atoms with Gasteiger partial charge in [-0.25, -0.2) is 0 Å². The third-order valence-electron chi connectivity index (χ3n) is 3.66. The van der Waals surface area contributed by atoms with Crippen LogP contribution in [0, 0.1) is 13.8 Å². The molecule has 0 bridgehead atoms. The number of anilines is 1. The summed E-state index contributed by atoms with van der Waals surface area (Å²) in [4.78, 5) is 16.7. The molecule has 3 aromatic rings. The quantitative estimate of drug-likeness (QED) is 0.782. The van der Waals surface area contributed by atoms with Crippen molar-refractivity contribution in [3.05, 3.63) is 64.2 Å². The van der Waals surface area contributed by atoms with Gasteiger partial charge in [-0.05, 0) is 49.2 Å². The minimum absolute atomic E-state index is 0.0446. The summed E-state index contributed by atoms with van der Waals surface area (Å²) in [5.74, 6) is 0.0942. The van der Waals surface area contributed by atoms with E-state index in [1.54, 1.807) is 24.3 Å². The van der Waals surface area contributed by atoms with E-state index < -0.39 is 0 Å². The zero-order valence-corrected chi connectivity index (χ0v) is 13.5. The topological polar surface area (TPSA) is 73.8 Å². The Balaban J connectivity index is 2.01. The Morgan fingerprint density at radius 3 is 2.61 bits per heavy atom. The van der Waals surface area contributed by atoms with Crippen molar-refractivity contribution in [3.8, 4) is 11.4 Å². The van der Waals surface area contributed by atoms with Crippen molar-refractivity contribution in [1.82, 2.24) is 14.8 Å². The van der Waals surface area contributed by atoms with Gasteiger partial charge in [0.05, 0.1) is 0 Å². The molecule has 5 nitrogen and oxygen atoms in total. The minimum atomic E-state index is -0.368. The zero-order chi connectivity index (χ0) is 16.6. The number of benzene rings is 2. The maximum atomic E-state index is 12.5. The summed E-state index contributed by atoms with van der Waals surface area (Å²) < 4.78 is 1.09. The molecule has 0 unspecified atom stereocenters. The van der Waals surface area contributed by atoms with Crippen molar-refractivity contribution in [2.45, 2.75) is 13.8 Å². The van der Waals surface area contributed by atoms with Gasteiger partial charge in [0, 0.05) is 16.1 Å². The first kappa shape index (κ1) is 15.2. The highest BCUT2D eigenvalue weighted by Gasteiger charge is 2.17. The second-order valence-corrected chi connectivity index (χ2v) is 5.76. The molecule has 1 heterocycles. The summed E-state index contributed by atoms with van der Waals surface area (Å²) >= 11 is 5.92. The van der Waals surface area contributed by atoms with Gasteiger partial charge in [-0.3, -0.25) is 4.79 Å². The Labute approximate surface area is 138 Å². The number of hydrogen-bond donors (Lipinski definition) is 1. The second kappa shape index (κ2) is 5.85. The Bertz CT molecular complexity index is 901. The van der Waals surface area contributed by atoms with Crippen LogP contribution in [-0.4, -0.2) is 20.7 Å². The van der Waals surface area contributed by atoms with Crippen LogP contribution in [0.4, 0.5) is 5.95 Å². The lowest BCUT2D eigenvalue weighted by atomic mass is 10.1. The number of aryl methyl sites for hydroxylation is 2. The lowest BCUT2D eigenvalue weighted by Crippen LogP contribution is -2.16. The second-order valence-electron chi connectivity index (χ2n) is 5.32. The smallest absolute Gasteiger partial charge is 0.281 e. The number of halogens is 1. The predicted octanol–water partition coefficient (Wildman–Crippen LogP) is 3.49. The highest BCUT2D eigenvalue weighted by atomic mass is 35.5. The minimum Gasteiger partial charge on any atom is -0.368 e. The molecule has 0 radical (unpaired) electrons. The first-order valence-electron chi connectivity index (χ1n) is 7.06. The van der Waals surface area contributed by atoms with Crippen molar-refractivity contribution in [3.63, 3.8) is 0 Å². The van der Waals surface area contributed by atoms with Gasteiger partial charge in [0.15, 0.2) is 5.82 Å². The number of aromatic nitrogens is 3. The fourth-order valence-corrected chi connectivity index (χ4v) is 2.41. The van der Waals surface area contributed by atoms with E-state index in [-0.39, 0.29) is 11.9 Å². The Kier molecular flexibility index (Phi) is 3.88. The van der Waals surface area contributed by atoms with Crippen molar-refractivity contribution in [1.29, 1.82) is 0 Å². The third kappa shape index (κ3) is 2.96. The van der Waals surface area contributed by atoms with Gasteiger partial charge < -0.3 is 5.73 Å². The normalized spacial score (nSPS) is 10.7. The molecule has 0 aliphatic rings. The molecule has 0 saturated heterocycles. The number of nitrogen functional groups attached to an aromatic ring is 1. The van der Waals surface area contributed by atoms with E-state index in [1.165, 1.54) is 5.56 Å². The molecule has 0 atom stereocenters. The molecule has 0 saturated carbocycles. The van der Waals surface area contributed by atoms with Crippen LogP contribution in [0.25, 0.3) is 11.4 Å². The predicted molar refractivity (Wildman–Crippen MR) is 90.5 cm³/mol. The summed E-state index contributed by atoms with van der Waals surface area (Å²) in [6.07, 6.45) is 0. The number of rotatable bonds is 2. The fraction of sp³-hybridized carbons (Fsp3) is 0.118. The summed E-state index contributed by atoms with van der Waals surface area (Å²) in [5, 5.41) is 4.72. The van der Waals surface area contributed by atoms with Crippen LogP contribution >= 0.6 is 11.6 Å². The van der Waals surface area contributed by atoms with Crippen molar-refractivity contribution >= 4 is 23.5 Å². The largest absolute Gasteiger partial charge is 0.368 e. The van der Waals surface area contributed by atoms with Gasteiger partial charge >= 0.3 is 0 Å². The molecule has 0 spiro atoms. The van der Waals surface area contributed by atoms with Crippen LogP contribution in [-0.2, 0) is 0 Å². The highest BCUT2D eigenvalue weighted by molar-refractivity contribution is 6.31. The van der Waals surface area contributed by atoms with Crippen LogP contribution in [0.2, 0.25) is 5.02 Å². The maximum absolute atomic E-state index is 12.5. The molecule has 0 aliphatic carbocycles. The van der Waals surface area contributed by atoms with Gasteiger partial charge in [-0.2, -0.15) is 9.67 Å². The number of carbonyl (C=O) groups is 1. The highest BCUT2D eigenvalue weighted by Crippen LogP contribution is 2.21. The average molecular weight is 327 g/mol. The lowest BCUT2D eigenvalue weighted by Gasteiger charge is -2.02. The Hall–Kier alpha value is -2.66. The monoisotopic (exact) mass is 326 g/mol. The fourth-order valence-electron chi connectivity index (χ4n) is 2.22. The summed E-state index contributed by atoms with van der Waals surface area (Å²) in [7, 11) is 0. The summed E-state index contributed by atoms with van der Waals surface area (Å²) in [5.41, 5.74) is 9.38. The average Bonchev–Trinajstić information content (AvgIpc) is 2.91. The van der Waals surface area contributed by atoms with E-state index in [0.29, 0.717) is 16.4 Å². The Morgan fingerprint density at radius 2 is 1.91 bits per heavy atom. The van der Waals surface area contributed by atoms with Crippen LogP contribution in [0.15, 0.2) is 42.5 Å². The van der Waals surface area contributed by atoms with Gasteiger partial charge in [-0.15, -0.1) is 5.10 Å². The molecular formula is C17H15ClN4O. The molecule has 2 N–H and O–H groups in total. The standard InChI is InChI=1S/C17H15ClN4O/c1-10-6-7-12(8-11(10)2)15-20-17(19)22(21-15)16(23)13-4-3-5-14(18)9-13/h3-9H,1-2H3,(H2,19,20,21). The molecule has 23 heavy (non-hydrogen) atoms. The number of carbonyl (C=O) groups excluding carboxylic acids is 1. The SMILES string of the molecule is Cc1ccc(-c2nc(N)n(C(=O)c3cccc(Cl)c3)n2)cc1C. The summed E-state index contributed by atoms with van der Waals surface area (Å²) in [6.45, 7) is 4.04. The maximum Gasteiger partial charge on any atom is 0.281 e. The molecular weight excluding hydrogens is 312 g/mol. The molecule has 1 aromatic heterocycles. The first-order valence-corrected chi connectivity index (χ1v) is 7.44. The zero-order valence-electron chi connectivity index (χ0n) is 12.7. The molecule has 6 heteroatoms. The summed E-state index contributed by atoms with van der Waals surface area (Å²) in [6, 6.07) is 12.5. The van der Waals surface area contributed by atoms with E-state index in [1.807, 2.05) is 32.0 Å². The first-order chi connectivity index (χ1) is 11.0. The van der Waals surface area contributed by atoms with Gasteiger partial charge in [0.2, 0.25) is 5.95 Å². The molecule has 3 rings (SSSR count). The number of nitrogens with two attached hydrogens (primary N) is 1. The molecule has 0 amide bonds. The molecule has 0 fully saturated rings.